The monoisotopic (exact) mass is 231 g/mol. The maximum atomic E-state index is 11.7. The van der Waals surface area contributed by atoms with Crippen molar-refractivity contribution in [1.29, 1.82) is 0 Å². The number of hydrogen-bond donors (Lipinski definition) is 2. The molecule has 0 atom stereocenters. The van der Waals surface area contributed by atoms with E-state index in [4.69, 9.17) is 10.3 Å². The molecule has 0 aliphatic carbocycles. The van der Waals surface area contributed by atoms with Crippen molar-refractivity contribution in [2.75, 3.05) is 12.3 Å². The van der Waals surface area contributed by atoms with E-state index in [0.717, 1.165) is 5.56 Å². The first-order valence-corrected chi connectivity index (χ1v) is 5.31. The molecule has 0 saturated heterocycles. The summed E-state index contributed by atoms with van der Waals surface area (Å²) in [4.78, 5) is 11.7. The highest BCUT2D eigenvalue weighted by molar-refractivity contribution is 5.95. The van der Waals surface area contributed by atoms with E-state index >= 15 is 0 Å². The van der Waals surface area contributed by atoms with Crippen LogP contribution in [0.4, 0.5) is 5.88 Å². The zero-order chi connectivity index (χ0) is 12.3. The van der Waals surface area contributed by atoms with Crippen LogP contribution < -0.4 is 11.1 Å². The third-order valence-electron chi connectivity index (χ3n) is 2.29. The molecule has 1 aromatic carbocycles. The Labute approximate surface area is 98.6 Å². The molecule has 5 heteroatoms. The second-order valence-corrected chi connectivity index (χ2v) is 3.55. The zero-order valence-electron chi connectivity index (χ0n) is 9.43. The fourth-order valence-electron chi connectivity index (χ4n) is 1.51. The molecule has 0 aliphatic rings. The van der Waals surface area contributed by atoms with Crippen molar-refractivity contribution in [3.05, 3.63) is 35.9 Å². The van der Waals surface area contributed by atoms with Crippen LogP contribution in [-0.4, -0.2) is 17.6 Å². The number of nitrogens with one attached hydrogen (secondary N) is 1. The van der Waals surface area contributed by atoms with E-state index in [1.165, 1.54) is 0 Å². The summed E-state index contributed by atoms with van der Waals surface area (Å²) in [7, 11) is 0. The molecule has 1 amide bonds. The van der Waals surface area contributed by atoms with E-state index in [-0.39, 0.29) is 11.8 Å². The molecule has 0 unspecified atom stereocenters. The molecule has 3 N–H and O–H groups in total. The van der Waals surface area contributed by atoms with Gasteiger partial charge in [-0.2, -0.15) is 0 Å². The van der Waals surface area contributed by atoms with Gasteiger partial charge in [0, 0.05) is 23.7 Å². The maximum Gasteiger partial charge on any atom is 0.251 e. The van der Waals surface area contributed by atoms with E-state index in [1.54, 1.807) is 24.3 Å². The normalized spacial score (nSPS) is 10.2. The maximum absolute atomic E-state index is 11.7. The van der Waals surface area contributed by atoms with Crippen LogP contribution in [-0.2, 0) is 0 Å². The van der Waals surface area contributed by atoms with Crippen LogP contribution in [0.2, 0.25) is 0 Å². The van der Waals surface area contributed by atoms with Gasteiger partial charge in [0.25, 0.3) is 5.91 Å². The van der Waals surface area contributed by atoms with Gasteiger partial charge in [0.15, 0.2) is 0 Å². The van der Waals surface area contributed by atoms with Crippen LogP contribution in [0.15, 0.2) is 34.9 Å². The summed E-state index contributed by atoms with van der Waals surface area (Å²) in [6.07, 6.45) is 0. The summed E-state index contributed by atoms with van der Waals surface area (Å²) in [5, 5.41) is 6.54. The average molecular weight is 231 g/mol. The first kappa shape index (κ1) is 11.2. The van der Waals surface area contributed by atoms with Gasteiger partial charge in [0.1, 0.15) is 5.69 Å². The Morgan fingerprint density at radius 2 is 2.29 bits per heavy atom. The molecular formula is C12H13N3O2. The van der Waals surface area contributed by atoms with E-state index in [0.29, 0.717) is 17.8 Å². The minimum absolute atomic E-state index is 0.106. The quantitative estimate of drug-likeness (QED) is 0.842. The van der Waals surface area contributed by atoms with Gasteiger partial charge in [0.2, 0.25) is 5.88 Å². The van der Waals surface area contributed by atoms with Gasteiger partial charge in [-0.25, -0.2) is 0 Å². The Bertz CT molecular complexity index is 534. The summed E-state index contributed by atoms with van der Waals surface area (Å²) in [5.74, 6) is 0.147. The standard InChI is InChI=1S/C12H13N3O2/c1-2-14-12(16)9-5-3-4-8(6-9)10-7-11(13)17-15-10/h3-7H,2,13H2,1H3,(H,14,16). The van der Waals surface area contributed by atoms with Gasteiger partial charge in [-0.15, -0.1) is 0 Å². The Kier molecular flexibility index (Phi) is 3.09. The lowest BCUT2D eigenvalue weighted by atomic mass is 10.1. The number of nitrogens with two attached hydrogens (primary N) is 1. The molecule has 0 saturated carbocycles. The minimum atomic E-state index is -0.106. The van der Waals surface area contributed by atoms with E-state index in [1.807, 2.05) is 13.0 Å². The molecule has 1 heterocycles. The van der Waals surface area contributed by atoms with E-state index in [9.17, 15) is 4.79 Å². The highest BCUT2D eigenvalue weighted by Gasteiger charge is 2.08. The van der Waals surface area contributed by atoms with Crippen molar-refractivity contribution in [1.82, 2.24) is 10.5 Å². The third kappa shape index (κ3) is 2.44. The average Bonchev–Trinajstić information content (AvgIpc) is 2.76. The van der Waals surface area contributed by atoms with Crippen molar-refractivity contribution in [3.63, 3.8) is 0 Å². The summed E-state index contributed by atoms with van der Waals surface area (Å²) in [6, 6.07) is 8.77. The Balaban J connectivity index is 2.31. The van der Waals surface area contributed by atoms with Crippen molar-refractivity contribution in [2.45, 2.75) is 6.92 Å². The third-order valence-corrected chi connectivity index (χ3v) is 2.29. The van der Waals surface area contributed by atoms with Crippen LogP contribution in [0, 0.1) is 0 Å². The molecule has 0 bridgehead atoms. The summed E-state index contributed by atoms with van der Waals surface area (Å²) < 4.78 is 4.79. The summed E-state index contributed by atoms with van der Waals surface area (Å²) in [5.41, 5.74) is 7.46. The summed E-state index contributed by atoms with van der Waals surface area (Å²) in [6.45, 7) is 2.47. The van der Waals surface area contributed by atoms with Crippen LogP contribution in [0.1, 0.15) is 17.3 Å². The first-order chi connectivity index (χ1) is 8.20. The molecular weight excluding hydrogens is 218 g/mol. The van der Waals surface area contributed by atoms with Crippen molar-refractivity contribution in [3.8, 4) is 11.3 Å². The Morgan fingerprint density at radius 1 is 1.47 bits per heavy atom. The van der Waals surface area contributed by atoms with Crippen molar-refractivity contribution >= 4 is 11.8 Å². The van der Waals surface area contributed by atoms with Crippen LogP contribution >= 0.6 is 0 Å². The topological polar surface area (TPSA) is 81.2 Å². The molecule has 1 aromatic heterocycles. The molecule has 17 heavy (non-hydrogen) atoms. The second-order valence-electron chi connectivity index (χ2n) is 3.55. The van der Waals surface area contributed by atoms with Crippen LogP contribution in [0.25, 0.3) is 11.3 Å². The Morgan fingerprint density at radius 3 is 2.94 bits per heavy atom. The zero-order valence-corrected chi connectivity index (χ0v) is 9.43. The lowest BCUT2D eigenvalue weighted by Crippen LogP contribution is -2.22. The van der Waals surface area contributed by atoms with Gasteiger partial charge in [0.05, 0.1) is 0 Å². The van der Waals surface area contributed by atoms with Gasteiger partial charge in [-0.1, -0.05) is 17.3 Å². The van der Waals surface area contributed by atoms with Gasteiger partial charge < -0.3 is 15.6 Å². The van der Waals surface area contributed by atoms with Crippen LogP contribution in [0.3, 0.4) is 0 Å². The second kappa shape index (κ2) is 4.69. The highest BCUT2D eigenvalue weighted by Crippen LogP contribution is 2.21. The number of rotatable bonds is 3. The number of carbonyl (C=O) groups excluding carboxylic acids is 1. The van der Waals surface area contributed by atoms with E-state index in [2.05, 4.69) is 10.5 Å². The Hall–Kier alpha value is -2.30. The molecule has 2 rings (SSSR count). The number of anilines is 1. The SMILES string of the molecule is CCNC(=O)c1cccc(-c2cc(N)on2)c1. The number of amides is 1. The molecule has 5 nitrogen and oxygen atoms in total. The first-order valence-electron chi connectivity index (χ1n) is 5.31. The smallest absolute Gasteiger partial charge is 0.251 e. The lowest BCUT2D eigenvalue weighted by molar-refractivity contribution is 0.0956. The molecule has 0 spiro atoms. The number of nitrogen functional groups attached to an aromatic ring is 1. The minimum Gasteiger partial charge on any atom is -0.368 e. The van der Waals surface area contributed by atoms with Crippen molar-refractivity contribution < 1.29 is 9.32 Å². The predicted molar refractivity (Wildman–Crippen MR) is 64.4 cm³/mol. The molecule has 2 aromatic rings. The largest absolute Gasteiger partial charge is 0.368 e. The summed E-state index contributed by atoms with van der Waals surface area (Å²) >= 11 is 0. The predicted octanol–water partition coefficient (Wildman–Crippen LogP) is 1.67. The number of nitrogens with zero attached hydrogens (tertiary/aromatic N) is 1. The number of hydrogen-bond acceptors (Lipinski definition) is 4. The van der Waals surface area contributed by atoms with Crippen LogP contribution in [0.5, 0.6) is 0 Å². The molecule has 0 aliphatic heterocycles. The van der Waals surface area contributed by atoms with Crippen molar-refractivity contribution in [2.24, 2.45) is 0 Å². The molecule has 0 radical (unpaired) electrons. The van der Waals surface area contributed by atoms with Gasteiger partial charge in [-0.3, -0.25) is 4.79 Å². The highest BCUT2D eigenvalue weighted by atomic mass is 16.5. The number of aromatic nitrogens is 1. The lowest BCUT2D eigenvalue weighted by Gasteiger charge is -2.03. The van der Waals surface area contributed by atoms with Gasteiger partial charge in [-0.05, 0) is 19.1 Å². The number of benzene rings is 1. The van der Waals surface area contributed by atoms with E-state index < -0.39 is 0 Å². The number of carbonyl (C=O) groups is 1. The molecule has 88 valence electrons. The fraction of sp³-hybridized carbons (Fsp3) is 0.167. The van der Waals surface area contributed by atoms with Gasteiger partial charge >= 0.3 is 0 Å². The fourth-order valence-corrected chi connectivity index (χ4v) is 1.51. The molecule has 0 fully saturated rings.